The first-order chi connectivity index (χ1) is 7.65. The van der Waals surface area contributed by atoms with Crippen LogP contribution in [0.3, 0.4) is 0 Å². The minimum absolute atomic E-state index is 0.213. The summed E-state index contributed by atoms with van der Waals surface area (Å²) >= 11 is 0. The highest BCUT2D eigenvalue weighted by atomic mass is 16.2. The van der Waals surface area contributed by atoms with Gasteiger partial charge in [-0.05, 0) is 6.42 Å². The fraction of sp³-hybridized carbons (Fsp3) is 0.500. The van der Waals surface area contributed by atoms with Gasteiger partial charge < -0.3 is 9.47 Å². The van der Waals surface area contributed by atoms with Crippen LogP contribution in [0.2, 0.25) is 0 Å². The Morgan fingerprint density at radius 3 is 2.94 bits per heavy atom. The monoisotopic (exact) mass is 221 g/mol. The molecule has 2 N–H and O–H groups in total. The molecule has 0 radical (unpaired) electrons. The van der Waals surface area contributed by atoms with Gasteiger partial charge in [-0.3, -0.25) is 10.7 Å². The van der Waals surface area contributed by atoms with Gasteiger partial charge in [0.05, 0.1) is 18.2 Å². The van der Waals surface area contributed by atoms with E-state index in [1.807, 2.05) is 4.57 Å². The minimum atomic E-state index is -0.332. The van der Waals surface area contributed by atoms with Crippen molar-refractivity contribution in [3.8, 4) is 0 Å². The lowest BCUT2D eigenvalue weighted by molar-refractivity contribution is 0.216. The topological polar surface area (TPSA) is 74.0 Å². The number of carbonyl (C=O) groups excluding carboxylic acids is 1. The standard InChI is InChI=1S/C10H15N5O/c1-3-4-15-6-12-5-7(15)8-9(11)13-10(16)14(8)2/h5-6,8H,3-4H2,1-2H3,(H2,11,13,16). The van der Waals surface area contributed by atoms with E-state index in [1.165, 1.54) is 4.90 Å². The molecule has 1 unspecified atom stereocenters. The first-order valence-electron chi connectivity index (χ1n) is 5.27. The number of hydrogen-bond acceptors (Lipinski definition) is 3. The van der Waals surface area contributed by atoms with Crippen molar-refractivity contribution in [2.24, 2.45) is 0 Å². The summed E-state index contributed by atoms with van der Waals surface area (Å²) in [7, 11) is 1.69. The van der Waals surface area contributed by atoms with Crippen molar-refractivity contribution in [1.29, 1.82) is 5.41 Å². The van der Waals surface area contributed by atoms with Gasteiger partial charge in [0.1, 0.15) is 11.9 Å². The van der Waals surface area contributed by atoms with E-state index in [-0.39, 0.29) is 17.9 Å². The van der Waals surface area contributed by atoms with Crippen LogP contribution in [0, 0.1) is 5.41 Å². The summed E-state index contributed by atoms with van der Waals surface area (Å²) in [6, 6.07) is -0.569. The highest BCUT2D eigenvalue weighted by Crippen LogP contribution is 2.23. The lowest BCUT2D eigenvalue weighted by atomic mass is 10.2. The molecule has 0 aromatic carbocycles. The van der Waals surface area contributed by atoms with Crippen LogP contribution in [-0.2, 0) is 6.54 Å². The maximum atomic E-state index is 11.4. The van der Waals surface area contributed by atoms with Crippen molar-refractivity contribution in [3.63, 3.8) is 0 Å². The Hall–Kier alpha value is -1.85. The molecule has 1 aromatic heterocycles. The Bertz CT molecular complexity index is 425. The SMILES string of the molecule is CCCn1cncc1C1C(=N)NC(=O)N1C. The lowest BCUT2D eigenvalue weighted by Gasteiger charge is -2.18. The van der Waals surface area contributed by atoms with Crippen molar-refractivity contribution in [2.45, 2.75) is 25.9 Å². The second kappa shape index (κ2) is 3.96. The van der Waals surface area contributed by atoms with Crippen LogP contribution in [0.15, 0.2) is 12.5 Å². The molecule has 1 aliphatic heterocycles. The predicted molar refractivity (Wildman–Crippen MR) is 59.3 cm³/mol. The van der Waals surface area contributed by atoms with E-state index < -0.39 is 0 Å². The smallest absolute Gasteiger partial charge is 0.323 e. The summed E-state index contributed by atoms with van der Waals surface area (Å²) in [5.41, 5.74) is 0.882. The molecule has 2 rings (SSSR count). The van der Waals surface area contributed by atoms with Crippen molar-refractivity contribution in [1.82, 2.24) is 19.8 Å². The highest BCUT2D eigenvalue weighted by molar-refractivity contribution is 6.05. The van der Waals surface area contributed by atoms with Crippen LogP contribution in [0.25, 0.3) is 0 Å². The molecule has 1 saturated heterocycles. The van der Waals surface area contributed by atoms with Crippen LogP contribution < -0.4 is 5.32 Å². The Morgan fingerprint density at radius 2 is 2.38 bits per heavy atom. The fourth-order valence-electron chi connectivity index (χ4n) is 1.92. The molecule has 6 heteroatoms. The number of imidazole rings is 1. The van der Waals surface area contributed by atoms with Crippen molar-refractivity contribution in [3.05, 3.63) is 18.2 Å². The zero-order valence-electron chi connectivity index (χ0n) is 9.40. The summed E-state index contributed by atoms with van der Waals surface area (Å²) in [5, 5.41) is 10.3. The number of urea groups is 1. The van der Waals surface area contributed by atoms with E-state index in [4.69, 9.17) is 5.41 Å². The number of aromatic nitrogens is 2. The first kappa shape index (κ1) is 10.7. The third kappa shape index (κ3) is 1.56. The second-order valence-electron chi connectivity index (χ2n) is 3.87. The van der Waals surface area contributed by atoms with Gasteiger partial charge in [-0.2, -0.15) is 0 Å². The molecule has 2 amide bonds. The number of carbonyl (C=O) groups is 1. The van der Waals surface area contributed by atoms with E-state index in [0.717, 1.165) is 18.7 Å². The van der Waals surface area contributed by atoms with Gasteiger partial charge in [0.15, 0.2) is 0 Å². The normalized spacial score (nSPS) is 20.4. The van der Waals surface area contributed by atoms with Crippen LogP contribution in [0.4, 0.5) is 4.79 Å². The second-order valence-corrected chi connectivity index (χ2v) is 3.87. The number of rotatable bonds is 3. The van der Waals surface area contributed by atoms with Crippen LogP contribution in [0.1, 0.15) is 25.1 Å². The summed E-state index contributed by atoms with van der Waals surface area (Å²) in [6.45, 7) is 2.93. The zero-order valence-corrected chi connectivity index (χ0v) is 9.40. The summed E-state index contributed by atoms with van der Waals surface area (Å²) in [5.74, 6) is 0.213. The molecule has 0 saturated carbocycles. The molecule has 1 atom stereocenters. The van der Waals surface area contributed by atoms with Crippen molar-refractivity contribution >= 4 is 11.9 Å². The van der Waals surface area contributed by atoms with Gasteiger partial charge in [-0.15, -0.1) is 0 Å². The minimum Gasteiger partial charge on any atom is -0.332 e. The van der Waals surface area contributed by atoms with Gasteiger partial charge in [0, 0.05) is 13.6 Å². The van der Waals surface area contributed by atoms with Gasteiger partial charge >= 0.3 is 6.03 Å². The zero-order chi connectivity index (χ0) is 11.7. The molecule has 1 aromatic rings. The van der Waals surface area contributed by atoms with Gasteiger partial charge in [0.2, 0.25) is 0 Å². The molecule has 6 nitrogen and oxygen atoms in total. The molecule has 0 bridgehead atoms. The number of amides is 2. The van der Waals surface area contributed by atoms with Gasteiger partial charge in [0.25, 0.3) is 0 Å². The molecule has 0 spiro atoms. The molecule has 86 valence electrons. The molecule has 16 heavy (non-hydrogen) atoms. The summed E-state index contributed by atoms with van der Waals surface area (Å²) in [4.78, 5) is 17.0. The maximum Gasteiger partial charge on any atom is 0.323 e. The summed E-state index contributed by atoms with van der Waals surface area (Å²) < 4.78 is 1.98. The average Bonchev–Trinajstić information content (AvgIpc) is 2.75. The number of nitrogens with zero attached hydrogens (tertiary/aromatic N) is 3. The largest absolute Gasteiger partial charge is 0.332 e. The van der Waals surface area contributed by atoms with Crippen LogP contribution >= 0.6 is 0 Å². The van der Waals surface area contributed by atoms with E-state index in [2.05, 4.69) is 17.2 Å². The van der Waals surface area contributed by atoms with E-state index in [1.54, 1.807) is 19.6 Å². The van der Waals surface area contributed by atoms with Gasteiger partial charge in [-0.25, -0.2) is 9.78 Å². The van der Waals surface area contributed by atoms with Gasteiger partial charge in [-0.1, -0.05) is 6.92 Å². The number of nitrogens with one attached hydrogen (secondary N) is 2. The Morgan fingerprint density at radius 1 is 1.62 bits per heavy atom. The quantitative estimate of drug-likeness (QED) is 0.798. The van der Waals surface area contributed by atoms with E-state index in [9.17, 15) is 4.79 Å². The van der Waals surface area contributed by atoms with Crippen LogP contribution in [0.5, 0.6) is 0 Å². The molecular weight excluding hydrogens is 206 g/mol. The maximum absolute atomic E-state index is 11.4. The van der Waals surface area contributed by atoms with E-state index >= 15 is 0 Å². The molecule has 2 heterocycles. The molecule has 1 fully saturated rings. The third-order valence-corrected chi connectivity index (χ3v) is 2.71. The summed E-state index contributed by atoms with van der Waals surface area (Å²) in [6.07, 6.45) is 4.45. The molecule has 0 aliphatic carbocycles. The van der Waals surface area contributed by atoms with Crippen molar-refractivity contribution < 1.29 is 4.79 Å². The van der Waals surface area contributed by atoms with E-state index in [0.29, 0.717) is 0 Å². The Labute approximate surface area is 93.8 Å². The van der Waals surface area contributed by atoms with Crippen LogP contribution in [-0.4, -0.2) is 33.4 Å². The third-order valence-electron chi connectivity index (χ3n) is 2.71. The Balaban J connectivity index is 2.33. The average molecular weight is 221 g/mol. The lowest BCUT2D eigenvalue weighted by Crippen LogP contribution is -2.26. The number of amidine groups is 1. The molecule has 1 aliphatic rings. The number of likely N-dealkylation sites (N-methyl/N-ethyl adjacent to an activating group) is 1. The Kier molecular flexibility index (Phi) is 2.64. The number of aryl methyl sites for hydroxylation is 1. The highest BCUT2D eigenvalue weighted by Gasteiger charge is 2.35. The van der Waals surface area contributed by atoms with Crippen molar-refractivity contribution in [2.75, 3.05) is 7.05 Å². The predicted octanol–water partition coefficient (Wildman–Crippen LogP) is 0.966. The fourth-order valence-corrected chi connectivity index (χ4v) is 1.92. The first-order valence-corrected chi connectivity index (χ1v) is 5.27. The number of hydrogen-bond donors (Lipinski definition) is 2. The molecular formula is C10H15N5O.